The van der Waals surface area contributed by atoms with Crippen LogP contribution in [0.3, 0.4) is 0 Å². The Balaban J connectivity index is 1.93. The third kappa shape index (κ3) is 3.31. The molecule has 1 aromatic carbocycles. The fourth-order valence-electron chi connectivity index (χ4n) is 1.89. The number of alkyl halides is 3. The Bertz CT molecular complexity index is 816. The number of benzene rings is 1. The highest BCUT2D eigenvalue weighted by Crippen LogP contribution is 2.33. The molecule has 0 saturated heterocycles. The topological polar surface area (TPSA) is 63.7 Å². The molecule has 2 heterocycles. The number of aromatic nitrogens is 4. The number of hydrogen-bond acceptors (Lipinski definition) is 4. The van der Waals surface area contributed by atoms with Crippen molar-refractivity contribution in [2.45, 2.75) is 13.1 Å². The van der Waals surface area contributed by atoms with Crippen molar-refractivity contribution in [3.63, 3.8) is 0 Å². The van der Waals surface area contributed by atoms with E-state index in [0.29, 0.717) is 17.0 Å². The number of nitrogens with one attached hydrogen (secondary N) is 1. The first kappa shape index (κ1) is 15.0. The molecule has 3 rings (SSSR count). The molecule has 0 bridgehead atoms. The molecule has 0 unspecified atom stereocenters. The molecule has 23 heavy (non-hydrogen) atoms. The minimum absolute atomic E-state index is 0.0553. The van der Waals surface area contributed by atoms with Crippen LogP contribution in [-0.2, 0) is 6.18 Å². The monoisotopic (exact) mass is 320 g/mol. The Morgan fingerprint density at radius 1 is 1.17 bits per heavy atom. The van der Waals surface area contributed by atoms with E-state index in [2.05, 4.69) is 20.2 Å². The maximum absolute atomic E-state index is 12.7. The number of hydrogen-bond donors (Lipinski definition) is 1. The summed E-state index contributed by atoms with van der Waals surface area (Å²) in [6.07, 6.45) is 0.262. The molecule has 0 aliphatic rings. The number of aryl methyl sites for hydroxylation is 1. The van der Waals surface area contributed by atoms with Gasteiger partial charge in [-0.3, -0.25) is 5.10 Å². The van der Waals surface area contributed by atoms with E-state index < -0.39 is 11.7 Å². The summed E-state index contributed by atoms with van der Waals surface area (Å²) in [6.45, 7) is 1.71. The maximum atomic E-state index is 12.7. The Hall–Kier alpha value is -2.90. The first-order valence-electron chi connectivity index (χ1n) is 6.61. The van der Waals surface area contributed by atoms with E-state index in [0.717, 1.165) is 12.1 Å². The minimum Gasteiger partial charge on any atom is -0.439 e. The quantitative estimate of drug-likeness (QED) is 0.792. The van der Waals surface area contributed by atoms with E-state index in [9.17, 15) is 13.2 Å². The van der Waals surface area contributed by atoms with Crippen LogP contribution in [0.1, 0.15) is 11.1 Å². The molecule has 1 N–H and O–H groups in total. The molecule has 0 atom stereocenters. The zero-order valence-electron chi connectivity index (χ0n) is 11.9. The Morgan fingerprint density at radius 2 is 2.00 bits per heavy atom. The van der Waals surface area contributed by atoms with Crippen molar-refractivity contribution < 1.29 is 17.9 Å². The van der Waals surface area contributed by atoms with Gasteiger partial charge in [-0.15, -0.1) is 0 Å². The summed E-state index contributed by atoms with van der Waals surface area (Å²) in [7, 11) is 0. The fourth-order valence-corrected chi connectivity index (χ4v) is 1.89. The zero-order chi connectivity index (χ0) is 16.4. The summed E-state index contributed by atoms with van der Waals surface area (Å²) < 4.78 is 43.7. The van der Waals surface area contributed by atoms with Crippen molar-refractivity contribution in [3.8, 4) is 23.0 Å². The largest absolute Gasteiger partial charge is 0.439 e. The van der Waals surface area contributed by atoms with Gasteiger partial charge >= 0.3 is 6.18 Å². The van der Waals surface area contributed by atoms with Gasteiger partial charge < -0.3 is 4.74 Å². The van der Waals surface area contributed by atoms with Crippen molar-refractivity contribution in [3.05, 3.63) is 54.0 Å². The number of aromatic amines is 1. The Labute approximate surface area is 129 Å². The average Bonchev–Trinajstić information content (AvgIpc) is 3.03. The molecule has 0 saturated carbocycles. The van der Waals surface area contributed by atoms with Gasteiger partial charge in [0.05, 0.1) is 17.3 Å². The summed E-state index contributed by atoms with van der Waals surface area (Å²) in [6, 6.07) is 4.63. The molecule has 5 nitrogen and oxygen atoms in total. The molecule has 0 amide bonds. The molecule has 0 fully saturated rings. The Morgan fingerprint density at radius 3 is 2.70 bits per heavy atom. The lowest BCUT2D eigenvalue weighted by Crippen LogP contribution is -2.04. The number of nitrogens with zero attached hydrogens (tertiary/aromatic N) is 3. The van der Waals surface area contributed by atoms with Gasteiger partial charge in [0.25, 0.3) is 0 Å². The highest BCUT2D eigenvalue weighted by Gasteiger charge is 2.30. The molecule has 8 heteroatoms. The summed E-state index contributed by atoms with van der Waals surface area (Å²) in [5, 5.41) is 6.44. The van der Waals surface area contributed by atoms with Crippen molar-refractivity contribution in [2.24, 2.45) is 0 Å². The molecule has 0 spiro atoms. The van der Waals surface area contributed by atoms with Gasteiger partial charge in [0.1, 0.15) is 5.75 Å². The van der Waals surface area contributed by atoms with Crippen molar-refractivity contribution in [1.29, 1.82) is 0 Å². The minimum atomic E-state index is -4.43. The van der Waals surface area contributed by atoms with E-state index in [4.69, 9.17) is 4.74 Å². The smallest absolute Gasteiger partial charge is 0.416 e. The number of H-pyrrole nitrogens is 1. The van der Waals surface area contributed by atoms with E-state index in [1.807, 2.05) is 0 Å². The third-order valence-corrected chi connectivity index (χ3v) is 3.06. The molecular formula is C15H11F3N4O. The Kier molecular flexibility index (Phi) is 3.73. The van der Waals surface area contributed by atoms with Gasteiger partial charge in [-0.25, -0.2) is 4.98 Å². The van der Waals surface area contributed by atoms with Crippen LogP contribution in [0.5, 0.6) is 11.6 Å². The zero-order valence-corrected chi connectivity index (χ0v) is 11.9. The van der Waals surface area contributed by atoms with Crippen LogP contribution in [0, 0.1) is 6.92 Å². The fraction of sp³-hybridized carbons (Fsp3) is 0.133. The lowest BCUT2D eigenvalue weighted by Gasteiger charge is -2.11. The van der Waals surface area contributed by atoms with Crippen LogP contribution >= 0.6 is 0 Å². The molecule has 0 aliphatic heterocycles. The second kappa shape index (κ2) is 5.71. The van der Waals surface area contributed by atoms with Gasteiger partial charge in [0, 0.05) is 18.0 Å². The number of halogens is 3. The van der Waals surface area contributed by atoms with Crippen LogP contribution in [0.25, 0.3) is 11.4 Å². The van der Waals surface area contributed by atoms with Crippen LogP contribution in [0.4, 0.5) is 13.2 Å². The van der Waals surface area contributed by atoms with Gasteiger partial charge in [-0.1, -0.05) is 6.07 Å². The van der Waals surface area contributed by atoms with Crippen LogP contribution in [0.15, 0.2) is 42.9 Å². The number of ether oxygens (including phenoxy) is 1. The average molecular weight is 320 g/mol. The highest BCUT2D eigenvalue weighted by molar-refractivity contribution is 5.53. The lowest BCUT2D eigenvalue weighted by molar-refractivity contribution is -0.137. The SMILES string of the molecule is Cc1cnc(-c2cn[nH]c2)nc1Oc1cccc(C(F)(F)F)c1. The van der Waals surface area contributed by atoms with Gasteiger partial charge in [0.2, 0.25) is 5.88 Å². The third-order valence-electron chi connectivity index (χ3n) is 3.06. The van der Waals surface area contributed by atoms with Crippen molar-refractivity contribution >= 4 is 0 Å². The first-order valence-corrected chi connectivity index (χ1v) is 6.61. The van der Waals surface area contributed by atoms with E-state index in [-0.39, 0.29) is 11.6 Å². The predicted molar refractivity (Wildman–Crippen MR) is 75.9 cm³/mol. The summed E-state index contributed by atoms with van der Waals surface area (Å²) >= 11 is 0. The van der Waals surface area contributed by atoms with Crippen molar-refractivity contribution in [1.82, 2.24) is 20.2 Å². The highest BCUT2D eigenvalue weighted by atomic mass is 19.4. The second-order valence-corrected chi connectivity index (χ2v) is 4.80. The van der Waals surface area contributed by atoms with Crippen molar-refractivity contribution in [2.75, 3.05) is 0 Å². The normalized spacial score (nSPS) is 11.5. The van der Waals surface area contributed by atoms with Crippen LogP contribution < -0.4 is 4.74 Å². The standard InChI is InChI=1S/C15H11F3N4O/c1-9-6-19-13(10-7-20-21-8-10)22-14(9)23-12-4-2-3-11(5-12)15(16,17)18/h2-8H,1H3,(H,20,21). The van der Waals surface area contributed by atoms with E-state index in [1.54, 1.807) is 19.3 Å². The van der Waals surface area contributed by atoms with Gasteiger partial charge in [-0.05, 0) is 25.1 Å². The van der Waals surface area contributed by atoms with E-state index >= 15 is 0 Å². The summed E-state index contributed by atoms with van der Waals surface area (Å²) in [5.74, 6) is 0.613. The van der Waals surface area contributed by atoms with Crippen LogP contribution in [-0.4, -0.2) is 20.2 Å². The summed E-state index contributed by atoms with van der Waals surface area (Å²) in [5.41, 5.74) is 0.477. The maximum Gasteiger partial charge on any atom is 0.416 e. The molecule has 118 valence electrons. The van der Waals surface area contributed by atoms with Gasteiger partial charge in [0.15, 0.2) is 5.82 Å². The summed E-state index contributed by atoms with van der Waals surface area (Å²) in [4.78, 5) is 8.38. The second-order valence-electron chi connectivity index (χ2n) is 4.80. The van der Waals surface area contributed by atoms with Crippen LogP contribution in [0.2, 0.25) is 0 Å². The molecule has 0 radical (unpaired) electrons. The molecule has 2 aromatic heterocycles. The van der Waals surface area contributed by atoms with E-state index in [1.165, 1.54) is 18.3 Å². The number of rotatable bonds is 3. The molecule has 0 aliphatic carbocycles. The van der Waals surface area contributed by atoms with Gasteiger partial charge in [-0.2, -0.15) is 23.3 Å². The first-order chi connectivity index (χ1) is 10.9. The molecule has 3 aromatic rings. The predicted octanol–water partition coefficient (Wildman–Crippen LogP) is 3.99. The molecular weight excluding hydrogens is 309 g/mol. The lowest BCUT2D eigenvalue weighted by atomic mass is 10.2.